The third-order valence-electron chi connectivity index (χ3n) is 3.55. The van der Waals surface area contributed by atoms with Crippen LogP contribution in [0.2, 0.25) is 0 Å². The molecule has 2 aromatic rings. The summed E-state index contributed by atoms with van der Waals surface area (Å²) in [4.78, 5) is 0. The molecule has 2 aromatic carbocycles. The van der Waals surface area contributed by atoms with Gasteiger partial charge in [0.2, 0.25) is 0 Å². The molecule has 5 nitrogen and oxygen atoms in total. The predicted octanol–water partition coefficient (Wildman–Crippen LogP) is 2.49. The largest absolute Gasteiger partial charge is 0 e. The van der Waals surface area contributed by atoms with Crippen molar-refractivity contribution in [3.05, 3.63) is 79.6 Å². The maximum atomic E-state index is 10.5. The number of hydrogen-bond donors (Lipinski definition) is 2. The number of benzene rings is 2. The van der Waals surface area contributed by atoms with Gasteiger partial charge < -0.3 is 10.2 Å². The summed E-state index contributed by atoms with van der Waals surface area (Å²) in [6.07, 6.45) is -0.881. The Morgan fingerprint density at radius 1 is 0.833 bits per heavy atom. The Labute approximate surface area is 151 Å². The summed E-state index contributed by atoms with van der Waals surface area (Å²) in [6.45, 7) is 15.2. The Bertz CT molecular complexity index is 690. The summed E-state index contributed by atoms with van der Waals surface area (Å²) >= 11 is 0. The molecule has 2 N–H and O–H groups in total. The molecule has 0 amide bonds. The quantitative estimate of drug-likeness (QED) is 0.556. The minimum Gasteiger partial charge on any atom is 0 e. The molecule has 0 fully saturated rings. The third-order valence-corrected chi connectivity index (χ3v) is 3.55. The first-order valence-electron chi connectivity index (χ1n) is 6.33. The third kappa shape index (κ3) is 4.57. The van der Waals surface area contributed by atoms with E-state index < -0.39 is 11.7 Å². The molecule has 0 heterocycles. The number of aliphatic hydroxyl groups is 2. The molecule has 0 aromatic heterocycles. The molecule has 0 radical (unpaired) electrons. The van der Waals surface area contributed by atoms with Gasteiger partial charge in [-0.25, -0.2) is 0 Å². The molecule has 0 bridgehead atoms. The van der Waals surface area contributed by atoms with Crippen molar-refractivity contribution in [2.24, 2.45) is 0 Å². The predicted molar refractivity (Wildman–Crippen MR) is 78.2 cm³/mol. The maximum Gasteiger partial charge on any atom is 0 e. The second-order valence-corrected chi connectivity index (χ2v) is 4.68. The molecule has 1 aliphatic carbocycles. The number of hydrogen-bond acceptors (Lipinski definition) is 2. The number of rotatable bonds is 0. The standard InChI is InChI=1S/C15H14O2.3CO.Cr/c1-15(17)13-9-5-4-7-11(13)10-6-2-3-8-12(10)14(15)16;3*1-2;/h2-9,14,16-17H,1H3;;;;/t14-,15-;;;;/m0..../s1. The van der Waals surface area contributed by atoms with Crippen molar-refractivity contribution in [1.29, 1.82) is 0 Å². The SMILES string of the molecule is C[C@]1(O)c2ccccc2-c2ccccc2[C@@H]1O.[C-]#[O+].[C-]#[O+].[C-]#[O+].[Cr]. The molecule has 24 heavy (non-hydrogen) atoms. The molecular weight excluding hydrogens is 348 g/mol. The number of fused-ring (bicyclic) bond motifs is 3. The number of aliphatic hydroxyl groups excluding tert-OH is 1. The molecule has 6 heteroatoms. The topological polar surface area (TPSA) is 100 Å². The van der Waals surface area contributed by atoms with Crippen molar-refractivity contribution in [2.45, 2.75) is 18.6 Å². The van der Waals surface area contributed by atoms with Crippen molar-refractivity contribution in [1.82, 2.24) is 0 Å². The van der Waals surface area contributed by atoms with Crippen LogP contribution in [0.4, 0.5) is 0 Å². The van der Waals surface area contributed by atoms with Crippen molar-refractivity contribution in [3.63, 3.8) is 0 Å². The van der Waals surface area contributed by atoms with Crippen LogP contribution >= 0.6 is 0 Å². The van der Waals surface area contributed by atoms with Gasteiger partial charge in [0.1, 0.15) is 11.7 Å². The van der Waals surface area contributed by atoms with E-state index in [2.05, 4.69) is 20.0 Å². The van der Waals surface area contributed by atoms with Gasteiger partial charge in [-0.15, -0.1) is 0 Å². The van der Waals surface area contributed by atoms with Gasteiger partial charge >= 0.3 is 33.9 Å². The second kappa shape index (κ2) is 11.6. The monoisotopic (exact) mass is 362 g/mol. The molecule has 0 spiro atoms. The van der Waals surface area contributed by atoms with Crippen LogP contribution in [-0.4, -0.2) is 10.2 Å². The van der Waals surface area contributed by atoms with Crippen molar-refractivity contribution in [2.75, 3.05) is 0 Å². The van der Waals surface area contributed by atoms with Crippen LogP contribution in [0, 0.1) is 20.0 Å². The Kier molecular flexibility index (Phi) is 11.8. The molecule has 3 rings (SSSR count). The molecule has 0 aliphatic heterocycles. The summed E-state index contributed by atoms with van der Waals surface area (Å²) in [5, 5.41) is 20.8. The van der Waals surface area contributed by atoms with E-state index in [1.807, 2.05) is 48.5 Å². The van der Waals surface area contributed by atoms with Crippen molar-refractivity contribution in [3.8, 4) is 11.1 Å². The van der Waals surface area contributed by atoms with Gasteiger partial charge in [0.15, 0.2) is 0 Å². The first kappa shape index (κ1) is 24.4. The molecular formula is C18H14CrO5. The fraction of sp³-hybridized carbons (Fsp3) is 0.167. The van der Waals surface area contributed by atoms with Crippen LogP contribution in [0.5, 0.6) is 0 Å². The molecule has 122 valence electrons. The zero-order valence-corrected chi connectivity index (χ0v) is 14.0. The van der Waals surface area contributed by atoms with Crippen molar-refractivity contribution >= 4 is 0 Å². The molecule has 1 aliphatic rings. The van der Waals surface area contributed by atoms with Crippen LogP contribution in [-0.2, 0) is 36.9 Å². The van der Waals surface area contributed by atoms with E-state index in [4.69, 9.17) is 14.0 Å². The minimum absolute atomic E-state index is 0. The van der Waals surface area contributed by atoms with Crippen LogP contribution in [0.3, 0.4) is 0 Å². The Balaban J connectivity index is 0. The maximum absolute atomic E-state index is 10.5. The average Bonchev–Trinajstić information content (AvgIpc) is 2.65. The van der Waals surface area contributed by atoms with E-state index in [1.165, 1.54) is 0 Å². The average molecular weight is 362 g/mol. The Morgan fingerprint density at radius 2 is 1.25 bits per heavy atom. The first-order valence-corrected chi connectivity index (χ1v) is 6.33. The summed E-state index contributed by atoms with van der Waals surface area (Å²) in [6, 6.07) is 15.4. The van der Waals surface area contributed by atoms with Gasteiger partial charge in [0.25, 0.3) is 0 Å². The summed E-state index contributed by atoms with van der Waals surface area (Å²) in [5.74, 6) is 0. The normalized spacial score (nSPS) is 18.8. The van der Waals surface area contributed by atoms with Crippen LogP contribution in [0.1, 0.15) is 24.2 Å². The molecule has 0 unspecified atom stereocenters. The zero-order chi connectivity index (χ0) is 18.0. The van der Waals surface area contributed by atoms with Crippen molar-refractivity contribution < 1.29 is 41.5 Å². The van der Waals surface area contributed by atoms with E-state index in [1.54, 1.807) is 6.92 Å². The molecule has 0 saturated heterocycles. The summed E-state index contributed by atoms with van der Waals surface area (Å²) in [7, 11) is 0. The minimum atomic E-state index is -1.23. The van der Waals surface area contributed by atoms with Gasteiger partial charge in [-0.05, 0) is 29.2 Å². The van der Waals surface area contributed by atoms with Gasteiger partial charge in [0.05, 0.1) is 0 Å². The van der Waals surface area contributed by atoms with Gasteiger partial charge in [0, 0.05) is 17.4 Å². The Morgan fingerprint density at radius 3 is 1.79 bits per heavy atom. The van der Waals surface area contributed by atoms with Gasteiger partial charge in [-0.1, -0.05) is 48.5 Å². The first-order chi connectivity index (χ1) is 11.1. The van der Waals surface area contributed by atoms with E-state index >= 15 is 0 Å². The van der Waals surface area contributed by atoms with Crippen LogP contribution < -0.4 is 0 Å². The fourth-order valence-corrected chi connectivity index (χ4v) is 2.59. The van der Waals surface area contributed by atoms with Crippen LogP contribution in [0.15, 0.2) is 48.5 Å². The zero-order valence-electron chi connectivity index (χ0n) is 12.7. The Hall–Kier alpha value is -1.89. The second-order valence-electron chi connectivity index (χ2n) is 4.68. The van der Waals surface area contributed by atoms with E-state index in [-0.39, 0.29) is 17.4 Å². The van der Waals surface area contributed by atoms with Gasteiger partial charge in [-0.2, -0.15) is 0 Å². The van der Waals surface area contributed by atoms with E-state index in [9.17, 15) is 10.2 Å². The molecule has 0 saturated carbocycles. The van der Waals surface area contributed by atoms with E-state index in [0.29, 0.717) is 0 Å². The fourth-order valence-electron chi connectivity index (χ4n) is 2.59. The van der Waals surface area contributed by atoms with E-state index in [0.717, 1.165) is 22.3 Å². The molecule has 2 atom stereocenters. The smallest absolute Gasteiger partial charge is 0 e. The van der Waals surface area contributed by atoms with Gasteiger partial charge in [-0.3, -0.25) is 0 Å². The summed E-state index contributed by atoms with van der Waals surface area (Å²) < 4.78 is 22.5. The van der Waals surface area contributed by atoms with Crippen LogP contribution in [0.25, 0.3) is 11.1 Å². The summed E-state index contributed by atoms with van der Waals surface area (Å²) in [5.41, 5.74) is 2.34.